The molecule has 0 aliphatic heterocycles. The van der Waals surface area contributed by atoms with Crippen molar-refractivity contribution in [3.8, 4) is 55.6 Å². The van der Waals surface area contributed by atoms with Crippen LogP contribution in [0.2, 0.25) is 0 Å². The van der Waals surface area contributed by atoms with Crippen LogP contribution in [0.15, 0.2) is 290 Å². The van der Waals surface area contributed by atoms with Crippen LogP contribution in [0.1, 0.15) is 22.3 Å². The normalized spacial score (nSPS) is 12.5. The van der Waals surface area contributed by atoms with E-state index in [9.17, 15) is 0 Å². The van der Waals surface area contributed by atoms with Crippen LogP contribution in [0.3, 0.4) is 0 Å². The molecule has 0 spiro atoms. The Kier molecular flexibility index (Phi) is 10.1. The van der Waals surface area contributed by atoms with Gasteiger partial charge in [0.25, 0.3) is 0 Å². The molecule has 0 N–H and O–H groups in total. The lowest BCUT2D eigenvalue weighted by molar-refractivity contribution is 0.670. The Bertz CT molecular complexity index is 4150. The highest BCUT2D eigenvalue weighted by molar-refractivity contribution is 6.17. The molecule has 0 radical (unpaired) electrons. The maximum absolute atomic E-state index is 6.88. The quantitative estimate of drug-likeness (QED) is 0.143. The Balaban J connectivity index is 0.944. The zero-order chi connectivity index (χ0) is 48.3. The fraction of sp³-hybridized carbons (Fsp3) is 0.0141. The maximum Gasteiger partial charge on any atom is 0.145 e. The van der Waals surface area contributed by atoms with Crippen LogP contribution in [0.4, 0.5) is 17.1 Å². The van der Waals surface area contributed by atoms with Crippen LogP contribution in [0.5, 0.6) is 0 Å². The van der Waals surface area contributed by atoms with Crippen molar-refractivity contribution in [2.45, 2.75) is 5.41 Å². The molecule has 1 aliphatic carbocycles. The summed E-state index contributed by atoms with van der Waals surface area (Å²) >= 11 is 0. The van der Waals surface area contributed by atoms with Crippen molar-refractivity contribution in [2.75, 3.05) is 4.90 Å². The summed E-state index contributed by atoms with van der Waals surface area (Å²) in [6, 6.07) is 104. The summed E-state index contributed by atoms with van der Waals surface area (Å²) in [4.78, 5) is 2.42. The van der Waals surface area contributed by atoms with Crippen molar-refractivity contribution in [2.24, 2.45) is 0 Å². The van der Waals surface area contributed by atoms with Crippen LogP contribution < -0.4 is 4.90 Å². The van der Waals surface area contributed by atoms with Crippen molar-refractivity contribution < 1.29 is 4.42 Å². The summed E-state index contributed by atoms with van der Waals surface area (Å²) in [7, 11) is 0. The summed E-state index contributed by atoms with van der Waals surface area (Å²) < 4.78 is 6.88. The van der Waals surface area contributed by atoms with E-state index in [2.05, 4.69) is 290 Å². The highest BCUT2D eigenvalue weighted by Gasteiger charge is 2.46. The van der Waals surface area contributed by atoms with Gasteiger partial charge in [-0.2, -0.15) is 0 Å². The van der Waals surface area contributed by atoms with Gasteiger partial charge in [-0.3, -0.25) is 0 Å². The van der Waals surface area contributed by atoms with Gasteiger partial charge in [0.2, 0.25) is 0 Å². The molecule has 342 valence electrons. The topological polar surface area (TPSA) is 16.4 Å². The molecule has 2 nitrogen and oxygen atoms in total. The first kappa shape index (κ1) is 42.4. The van der Waals surface area contributed by atoms with Crippen LogP contribution in [-0.4, -0.2) is 0 Å². The average Bonchev–Trinajstić information content (AvgIpc) is 4.03. The van der Waals surface area contributed by atoms with Crippen LogP contribution in [0, 0.1) is 0 Å². The molecule has 0 fully saturated rings. The minimum Gasteiger partial charge on any atom is -0.455 e. The first-order valence-corrected chi connectivity index (χ1v) is 25.2. The molecule has 1 aromatic heterocycles. The van der Waals surface area contributed by atoms with Gasteiger partial charge in [-0.15, -0.1) is 0 Å². The van der Waals surface area contributed by atoms with Gasteiger partial charge < -0.3 is 9.32 Å². The zero-order valence-electron chi connectivity index (χ0n) is 40.0. The minimum atomic E-state index is -0.501. The molecule has 0 unspecified atom stereocenters. The van der Waals surface area contributed by atoms with Gasteiger partial charge in [0, 0.05) is 22.3 Å². The van der Waals surface area contributed by atoms with E-state index in [1.165, 1.54) is 60.8 Å². The minimum absolute atomic E-state index is 0.501. The van der Waals surface area contributed by atoms with E-state index >= 15 is 0 Å². The first-order valence-electron chi connectivity index (χ1n) is 25.2. The van der Waals surface area contributed by atoms with Gasteiger partial charge in [-0.05, 0) is 138 Å². The summed E-state index contributed by atoms with van der Waals surface area (Å²) in [5.74, 6) is 0. The molecule has 73 heavy (non-hydrogen) atoms. The second-order valence-electron chi connectivity index (χ2n) is 19.1. The summed E-state index contributed by atoms with van der Waals surface area (Å²) in [6.45, 7) is 0. The first-order chi connectivity index (χ1) is 36.2. The SMILES string of the molecule is c1ccc(-c2ccc(N(c3ccc(-c4cccc(-c5cccc6ccccc56)c4)cc3)c3cccc(-c4ccc5c(c4)C(c4ccccc4)(c4ccccc4)c4ccccc4-5)c3)c3c2oc2ccccc23)cc1. The van der Waals surface area contributed by atoms with Gasteiger partial charge in [-0.1, -0.05) is 231 Å². The third kappa shape index (κ3) is 6.94. The van der Waals surface area contributed by atoms with Crippen LogP contribution >= 0.6 is 0 Å². The highest BCUT2D eigenvalue weighted by Crippen LogP contribution is 2.57. The number of fused-ring (bicyclic) bond motifs is 7. The molecule has 1 heterocycles. The molecular formula is C71H47NO. The van der Waals surface area contributed by atoms with E-state index in [1.807, 2.05) is 0 Å². The molecule has 2 heteroatoms. The number of hydrogen-bond acceptors (Lipinski definition) is 2. The molecule has 0 saturated carbocycles. The number of benzene rings is 12. The van der Waals surface area contributed by atoms with Crippen molar-refractivity contribution in [1.29, 1.82) is 0 Å². The smallest absolute Gasteiger partial charge is 0.145 e. The lowest BCUT2D eigenvalue weighted by Crippen LogP contribution is -2.28. The fourth-order valence-electron chi connectivity index (χ4n) is 11.9. The lowest BCUT2D eigenvalue weighted by Gasteiger charge is -2.34. The van der Waals surface area contributed by atoms with Crippen molar-refractivity contribution in [3.05, 3.63) is 307 Å². The zero-order valence-corrected chi connectivity index (χ0v) is 40.0. The second-order valence-corrected chi connectivity index (χ2v) is 19.1. The average molecular weight is 930 g/mol. The molecule has 14 rings (SSSR count). The van der Waals surface area contributed by atoms with Crippen molar-refractivity contribution >= 4 is 49.8 Å². The van der Waals surface area contributed by atoms with Crippen LogP contribution in [-0.2, 0) is 5.41 Å². The predicted octanol–water partition coefficient (Wildman–Crippen LogP) is 19.2. The lowest BCUT2D eigenvalue weighted by atomic mass is 9.67. The molecule has 0 amide bonds. The second kappa shape index (κ2) is 17.4. The summed E-state index contributed by atoms with van der Waals surface area (Å²) in [5, 5.41) is 4.64. The predicted molar refractivity (Wildman–Crippen MR) is 305 cm³/mol. The van der Waals surface area contributed by atoms with E-state index in [0.717, 1.165) is 66.8 Å². The number of furan rings is 1. The summed E-state index contributed by atoms with van der Waals surface area (Å²) in [6.07, 6.45) is 0. The van der Waals surface area contributed by atoms with Crippen LogP contribution in [0.25, 0.3) is 88.3 Å². The summed E-state index contributed by atoms with van der Waals surface area (Å²) in [5.41, 5.74) is 21.2. The van der Waals surface area contributed by atoms with E-state index in [-0.39, 0.29) is 0 Å². The Morgan fingerprint density at radius 1 is 0.301 bits per heavy atom. The Hall–Kier alpha value is -9.50. The monoisotopic (exact) mass is 929 g/mol. The highest BCUT2D eigenvalue weighted by atomic mass is 16.3. The van der Waals surface area contributed by atoms with E-state index in [4.69, 9.17) is 4.42 Å². The molecule has 12 aromatic carbocycles. The standard InChI is InChI=1S/C71H47NO/c1-4-19-50(20-5-1)61-43-44-67(69-64-33-13-15-36-68(64)73-70(61)69)72(57-40-37-48(38-41-57)51-23-16-25-54(45-51)60-34-18-22-49-21-10-11-31-59(49)60)58-30-17-24-52(46-58)53-39-42-63-62-32-12-14-35-65(62)71(66(63)47-53,55-26-6-2-7-27-55)56-28-8-3-9-29-56/h1-47H. The van der Waals surface area contributed by atoms with E-state index in [1.54, 1.807) is 0 Å². The van der Waals surface area contributed by atoms with E-state index < -0.39 is 5.41 Å². The number of nitrogens with zero attached hydrogens (tertiary/aromatic N) is 1. The van der Waals surface area contributed by atoms with Gasteiger partial charge >= 0.3 is 0 Å². The molecular weight excluding hydrogens is 883 g/mol. The Morgan fingerprint density at radius 2 is 0.849 bits per heavy atom. The molecule has 0 saturated heterocycles. The van der Waals surface area contributed by atoms with Crippen molar-refractivity contribution in [1.82, 2.24) is 0 Å². The Morgan fingerprint density at radius 3 is 1.64 bits per heavy atom. The third-order valence-corrected chi connectivity index (χ3v) is 15.1. The van der Waals surface area contributed by atoms with Gasteiger partial charge in [-0.25, -0.2) is 0 Å². The molecule has 0 bridgehead atoms. The maximum atomic E-state index is 6.88. The number of hydrogen-bond donors (Lipinski definition) is 0. The van der Waals surface area contributed by atoms with Gasteiger partial charge in [0.15, 0.2) is 0 Å². The third-order valence-electron chi connectivity index (χ3n) is 15.1. The molecule has 0 atom stereocenters. The number of para-hydroxylation sites is 1. The van der Waals surface area contributed by atoms with E-state index in [0.29, 0.717) is 0 Å². The van der Waals surface area contributed by atoms with Gasteiger partial charge in [0.1, 0.15) is 11.2 Å². The fourth-order valence-corrected chi connectivity index (χ4v) is 11.9. The van der Waals surface area contributed by atoms with Gasteiger partial charge in [0.05, 0.1) is 16.5 Å². The molecule has 13 aromatic rings. The number of anilines is 3. The largest absolute Gasteiger partial charge is 0.455 e. The Labute approximate surface area is 425 Å². The van der Waals surface area contributed by atoms with Crippen molar-refractivity contribution in [3.63, 3.8) is 0 Å². The molecule has 1 aliphatic rings. The number of rotatable bonds is 9.